The number of nitrogens with zero attached hydrogens (tertiary/aromatic N) is 6. The van der Waals surface area contributed by atoms with Gasteiger partial charge in [-0.05, 0) is 26.2 Å². The highest BCUT2D eigenvalue weighted by Gasteiger charge is 2.13. The number of amides is 1. The second-order valence-corrected chi connectivity index (χ2v) is 8.10. The van der Waals surface area contributed by atoms with Crippen molar-refractivity contribution in [3.8, 4) is 0 Å². The van der Waals surface area contributed by atoms with Crippen molar-refractivity contribution in [1.82, 2.24) is 29.7 Å². The zero-order valence-corrected chi connectivity index (χ0v) is 16.6. The van der Waals surface area contributed by atoms with Gasteiger partial charge >= 0.3 is 0 Å². The van der Waals surface area contributed by atoms with Crippen LogP contribution in [0.2, 0.25) is 0 Å². The molecule has 1 fully saturated rings. The third kappa shape index (κ3) is 4.22. The van der Waals surface area contributed by atoms with Crippen LogP contribution in [0.1, 0.15) is 30.0 Å². The lowest BCUT2D eigenvalue weighted by Crippen LogP contribution is -2.36. The Morgan fingerprint density at radius 3 is 2.86 bits per heavy atom. The molecule has 3 aromatic heterocycles. The summed E-state index contributed by atoms with van der Waals surface area (Å²) >= 11 is 1.53. The molecular weight excluding hydrogens is 378 g/mol. The highest BCUT2D eigenvalue weighted by atomic mass is 32.1. The number of nitrogens with one attached hydrogen (secondary N) is 1. The van der Waals surface area contributed by atoms with Gasteiger partial charge in [0.1, 0.15) is 11.6 Å². The molecule has 0 atom stereocenters. The summed E-state index contributed by atoms with van der Waals surface area (Å²) in [7, 11) is 0. The number of hydrogen-bond donors (Lipinski definition) is 1. The first kappa shape index (κ1) is 18.6. The summed E-state index contributed by atoms with van der Waals surface area (Å²) in [5.74, 6) is -0.240. The average Bonchev–Trinajstić information content (AvgIpc) is 3.21. The summed E-state index contributed by atoms with van der Waals surface area (Å²) in [6.45, 7) is 4.20. The van der Waals surface area contributed by atoms with Gasteiger partial charge in [0.25, 0.3) is 5.56 Å². The molecule has 0 bridgehead atoms. The molecule has 28 heavy (non-hydrogen) atoms. The summed E-state index contributed by atoms with van der Waals surface area (Å²) in [4.78, 5) is 31.9. The Morgan fingerprint density at radius 1 is 1.29 bits per heavy atom. The van der Waals surface area contributed by atoms with Crippen molar-refractivity contribution in [3.05, 3.63) is 39.5 Å². The molecule has 3 aromatic rings. The minimum Gasteiger partial charge on any atom is -0.370 e. The Bertz CT molecular complexity index is 1000. The van der Waals surface area contributed by atoms with Crippen LogP contribution in [0.15, 0.2) is 23.3 Å². The van der Waals surface area contributed by atoms with E-state index in [1.54, 1.807) is 16.8 Å². The number of fused-ring (bicyclic) bond motifs is 1. The minimum atomic E-state index is -0.256. The Labute approximate surface area is 166 Å². The zero-order chi connectivity index (χ0) is 19.5. The van der Waals surface area contributed by atoms with E-state index in [2.05, 4.69) is 25.4 Å². The first-order chi connectivity index (χ1) is 13.6. The summed E-state index contributed by atoms with van der Waals surface area (Å²) in [5, 5.41) is 12.3. The Kier molecular flexibility index (Phi) is 5.38. The van der Waals surface area contributed by atoms with Crippen molar-refractivity contribution in [2.45, 2.75) is 39.2 Å². The van der Waals surface area contributed by atoms with E-state index in [1.165, 1.54) is 22.4 Å². The lowest BCUT2D eigenvalue weighted by Gasteiger charge is -2.28. The van der Waals surface area contributed by atoms with Crippen LogP contribution in [0.25, 0.3) is 4.96 Å². The molecule has 0 spiro atoms. The van der Waals surface area contributed by atoms with Gasteiger partial charge in [0, 0.05) is 32.1 Å². The zero-order valence-electron chi connectivity index (χ0n) is 15.8. The quantitative estimate of drug-likeness (QED) is 0.662. The highest BCUT2D eigenvalue weighted by Crippen LogP contribution is 2.16. The van der Waals surface area contributed by atoms with E-state index in [-0.39, 0.29) is 18.0 Å². The monoisotopic (exact) mass is 401 g/mol. The second-order valence-electron chi connectivity index (χ2n) is 6.94. The predicted molar refractivity (Wildman–Crippen MR) is 107 cm³/mol. The van der Waals surface area contributed by atoms with E-state index in [1.807, 2.05) is 13.1 Å². The average molecular weight is 401 g/mol. The van der Waals surface area contributed by atoms with Gasteiger partial charge in [-0.25, -0.2) is 14.2 Å². The maximum Gasteiger partial charge on any atom is 0.269 e. The minimum absolute atomic E-state index is 0.0852. The molecule has 0 aliphatic carbocycles. The smallest absolute Gasteiger partial charge is 0.269 e. The molecule has 1 N–H and O–H groups in total. The van der Waals surface area contributed by atoms with Crippen LogP contribution in [0.4, 0.5) is 5.69 Å². The largest absolute Gasteiger partial charge is 0.370 e. The van der Waals surface area contributed by atoms with Crippen LogP contribution in [0, 0.1) is 6.92 Å². The summed E-state index contributed by atoms with van der Waals surface area (Å²) in [6.07, 6.45) is 7.65. The lowest BCUT2D eigenvalue weighted by atomic mass is 10.1. The molecule has 4 heterocycles. The van der Waals surface area contributed by atoms with E-state index < -0.39 is 0 Å². The van der Waals surface area contributed by atoms with Gasteiger partial charge < -0.3 is 10.2 Å². The predicted octanol–water partition coefficient (Wildman–Crippen LogP) is 1.01. The molecule has 4 rings (SSSR count). The number of aromatic nitrogens is 5. The maximum atomic E-state index is 12.3. The fourth-order valence-corrected chi connectivity index (χ4v) is 4.10. The van der Waals surface area contributed by atoms with Gasteiger partial charge in [-0.2, -0.15) is 10.2 Å². The number of carbonyl (C=O) groups excluding carboxylic acids is 1. The van der Waals surface area contributed by atoms with Crippen LogP contribution in [-0.2, 0) is 17.8 Å². The topological polar surface area (TPSA) is 97.4 Å². The molecule has 10 heteroatoms. The molecule has 1 saturated heterocycles. The SMILES string of the molecule is Cc1nn2cc(CCNC(=O)Cn3ncc(N4CCCCC4)cc3=O)nc2s1. The van der Waals surface area contributed by atoms with Crippen molar-refractivity contribution in [3.63, 3.8) is 0 Å². The summed E-state index contributed by atoms with van der Waals surface area (Å²) in [5.41, 5.74) is 1.46. The first-order valence-corrected chi connectivity index (χ1v) is 10.3. The first-order valence-electron chi connectivity index (χ1n) is 9.49. The van der Waals surface area contributed by atoms with Crippen molar-refractivity contribution >= 4 is 27.9 Å². The van der Waals surface area contributed by atoms with Crippen molar-refractivity contribution in [2.24, 2.45) is 0 Å². The molecule has 148 valence electrons. The summed E-state index contributed by atoms with van der Waals surface area (Å²) in [6, 6.07) is 1.57. The highest BCUT2D eigenvalue weighted by molar-refractivity contribution is 7.16. The number of rotatable bonds is 6. The van der Waals surface area contributed by atoms with Crippen LogP contribution in [0.5, 0.6) is 0 Å². The molecular formula is C18H23N7O2S. The van der Waals surface area contributed by atoms with E-state index >= 15 is 0 Å². The van der Waals surface area contributed by atoms with E-state index in [0.717, 1.165) is 47.3 Å². The Morgan fingerprint density at radius 2 is 2.11 bits per heavy atom. The molecule has 0 aromatic carbocycles. The number of piperidine rings is 1. The van der Waals surface area contributed by atoms with Gasteiger partial charge in [-0.1, -0.05) is 11.3 Å². The maximum absolute atomic E-state index is 12.3. The van der Waals surface area contributed by atoms with E-state index in [0.29, 0.717) is 13.0 Å². The van der Waals surface area contributed by atoms with Gasteiger partial charge in [-0.15, -0.1) is 0 Å². The van der Waals surface area contributed by atoms with Gasteiger partial charge in [-0.3, -0.25) is 9.59 Å². The van der Waals surface area contributed by atoms with Crippen LogP contribution >= 0.6 is 11.3 Å². The normalized spacial score (nSPS) is 14.5. The van der Waals surface area contributed by atoms with E-state index in [4.69, 9.17) is 0 Å². The molecule has 9 nitrogen and oxygen atoms in total. The lowest BCUT2D eigenvalue weighted by molar-refractivity contribution is -0.121. The third-order valence-corrected chi connectivity index (χ3v) is 5.61. The number of hydrogen-bond acceptors (Lipinski definition) is 7. The molecule has 0 unspecified atom stereocenters. The molecule has 1 aliphatic heterocycles. The van der Waals surface area contributed by atoms with E-state index in [9.17, 15) is 9.59 Å². The standard InChI is InChI=1S/C18H23N7O2S/c1-13-22-25-11-14(21-18(25)28-13)5-6-19-16(26)12-24-17(27)9-15(10-20-24)23-7-3-2-4-8-23/h9-11H,2-8,12H2,1H3,(H,19,26). The fourth-order valence-electron chi connectivity index (χ4n) is 3.35. The van der Waals surface area contributed by atoms with Crippen molar-refractivity contribution < 1.29 is 4.79 Å². The van der Waals surface area contributed by atoms with Crippen LogP contribution < -0.4 is 15.8 Å². The number of carbonyl (C=O) groups is 1. The molecule has 1 amide bonds. The fraction of sp³-hybridized carbons (Fsp3) is 0.500. The molecule has 0 radical (unpaired) electrons. The number of aryl methyl sites for hydroxylation is 1. The Hall–Kier alpha value is -2.75. The van der Waals surface area contributed by atoms with Crippen LogP contribution in [0.3, 0.4) is 0 Å². The van der Waals surface area contributed by atoms with Crippen molar-refractivity contribution in [2.75, 3.05) is 24.5 Å². The van der Waals surface area contributed by atoms with Gasteiger partial charge in [0.2, 0.25) is 10.9 Å². The molecule has 1 aliphatic rings. The van der Waals surface area contributed by atoms with Gasteiger partial charge in [0.15, 0.2) is 0 Å². The second kappa shape index (κ2) is 8.09. The van der Waals surface area contributed by atoms with Crippen LogP contribution in [-0.4, -0.2) is 49.9 Å². The van der Waals surface area contributed by atoms with Crippen molar-refractivity contribution in [1.29, 1.82) is 0 Å². The molecule has 0 saturated carbocycles. The third-order valence-electron chi connectivity index (χ3n) is 4.77. The van der Waals surface area contributed by atoms with Gasteiger partial charge in [0.05, 0.1) is 23.8 Å². The number of imidazole rings is 1. The summed E-state index contributed by atoms with van der Waals surface area (Å²) < 4.78 is 2.95. The number of anilines is 1. The Balaban J connectivity index is 1.29.